The maximum Gasteiger partial charge on any atom is 0.270 e. The minimum Gasteiger partial charge on any atom is -0.349 e. The first-order chi connectivity index (χ1) is 11.5. The second-order valence-electron chi connectivity index (χ2n) is 6.14. The lowest BCUT2D eigenvalue weighted by Crippen LogP contribution is -2.41. The summed E-state index contributed by atoms with van der Waals surface area (Å²) in [5.74, 6) is -0.340. The van der Waals surface area contributed by atoms with Gasteiger partial charge in [-0.05, 0) is 23.8 Å². The molecule has 0 saturated heterocycles. The SMILES string of the molecule is CN(C)C(=O)CCN1CCn2cc(-c3ccc(F)cc3)cc2C1=O. The summed E-state index contributed by atoms with van der Waals surface area (Å²) in [6.45, 7) is 1.70. The van der Waals surface area contributed by atoms with Crippen LogP contribution in [0.15, 0.2) is 36.5 Å². The summed E-state index contributed by atoms with van der Waals surface area (Å²) in [4.78, 5) is 27.6. The Balaban J connectivity index is 1.76. The number of rotatable bonds is 4. The second-order valence-corrected chi connectivity index (χ2v) is 6.14. The van der Waals surface area contributed by atoms with Gasteiger partial charge in [0.2, 0.25) is 5.91 Å². The van der Waals surface area contributed by atoms with Crippen LogP contribution in [0.4, 0.5) is 4.39 Å². The fourth-order valence-electron chi connectivity index (χ4n) is 2.83. The number of hydrogen-bond acceptors (Lipinski definition) is 2. The van der Waals surface area contributed by atoms with Crippen LogP contribution in [-0.4, -0.2) is 53.4 Å². The molecule has 0 N–H and O–H groups in total. The first kappa shape index (κ1) is 16.2. The summed E-state index contributed by atoms with van der Waals surface area (Å²) in [7, 11) is 3.42. The number of benzene rings is 1. The molecular formula is C18H20FN3O2. The Kier molecular flexibility index (Phi) is 4.38. The van der Waals surface area contributed by atoms with E-state index in [1.54, 1.807) is 31.1 Å². The van der Waals surface area contributed by atoms with Gasteiger partial charge >= 0.3 is 0 Å². The van der Waals surface area contributed by atoms with E-state index in [0.717, 1.165) is 11.1 Å². The first-order valence-corrected chi connectivity index (χ1v) is 7.91. The van der Waals surface area contributed by atoms with Crippen LogP contribution < -0.4 is 0 Å². The molecule has 0 atom stereocenters. The summed E-state index contributed by atoms with van der Waals surface area (Å²) in [5.41, 5.74) is 2.38. The minimum atomic E-state index is -0.282. The average molecular weight is 329 g/mol. The van der Waals surface area contributed by atoms with Gasteiger partial charge in [-0.2, -0.15) is 0 Å². The van der Waals surface area contributed by atoms with Crippen molar-refractivity contribution in [3.8, 4) is 11.1 Å². The third-order valence-electron chi connectivity index (χ3n) is 4.29. The summed E-state index contributed by atoms with van der Waals surface area (Å²) in [6, 6.07) is 8.05. The van der Waals surface area contributed by atoms with E-state index < -0.39 is 0 Å². The van der Waals surface area contributed by atoms with Crippen molar-refractivity contribution in [1.29, 1.82) is 0 Å². The number of carbonyl (C=O) groups excluding carboxylic acids is 2. The predicted octanol–water partition coefficient (Wildman–Crippen LogP) is 2.23. The molecule has 0 unspecified atom stereocenters. The Morgan fingerprint density at radius 1 is 1.17 bits per heavy atom. The number of hydrogen-bond donors (Lipinski definition) is 0. The Morgan fingerprint density at radius 3 is 2.54 bits per heavy atom. The van der Waals surface area contributed by atoms with Gasteiger partial charge in [-0.25, -0.2) is 4.39 Å². The second kappa shape index (κ2) is 6.47. The van der Waals surface area contributed by atoms with Gasteiger partial charge in [-0.15, -0.1) is 0 Å². The maximum absolute atomic E-state index is 13.1. The highest BCUT2D eigenvalue weighted by atomic mass is 19.1. The van der Waals surface area contributed by atoms with Crippen molar-refractivity contribution < 1.29 is 14.0 Å². The quantitative estimate of drug-likeness (QED) is 0.863. The van der Waals surface area contributed by atoms with Crippen molar-refractivity contribution in [1.82, 2.24) is 14.4 Å². The largest absolute Gasteiger partial charge is 0.349 e. The molecule has 126 valence electrons. The van der Waals surface area contributed by atoms with Gasteiger partial charge in [-0.3, -0.25) is 9.59 Å². The molecule has 1 aromatic carbocycles. The summed E-state index contributed by atoms with van der Waals surface area (Å²) < 4.78 is 15.0. The highest BCUT2D eigenvalue weighted by molar-refractivity contribution is 5.95. The van der Waals surface area contributed by atoms with E-state index in [-0.39, 0.29) is 17.6 Å². The van der Waals surface area contributed by atoms with Gasteiger partial charge in [0.15, 0.2) is 0 Å². The Morgan fingerprint density at radius 2 is 1.88 bits per heavy atom. The molecule has 1 aliphatic rings. The number of halogens is 1. The van der Waals surface area contributed by atoms with Crippen LogP contribution in [-0.2, 0) is 11.3 Å². The van der Waals surface area contributed by atoms with Gasteiger partial charge in [0.1, 0.15) is 11.5 Å². The molecule has 1 aromatic heterocycles. The number of carbonyl (C=O) groups is 2. The molecule has 6 heteroatoms. The molecular weight excluding hydrogens is 309 g/mol. The topological polar surface area (TPSA) is 45.6 Å². The lowest BCUT2D eigenvalue weighted by molar-refractivity contribution is -0.128. The molecule has 0 radical (unpaired) electrons. The van der Waals surface area contributed by atoms with Gasteiger partial charge in [0.25, 0.3) is 5.91 Å². The zero-order valence-electron chi connectivity index (χ0n) is 13.8. The molecule has 0 fully saturated rings. The monoisotopic (exact) mass is 329 g/mol. The molecule has 2 amide bonds. The lowest BCUT2D eigenvalue weighted by Gasteiger charge is -2.28. The van der Waals surface area contributed by atoms with Crippen LogP contribution in [0.3, 0.4) is 0 Å². The maximum atomic E-state index is 13.1. The average Bonchev–Trinajstić information content (AvgIpc) is 2.99. The van der Waals surface area contributed by atoms with Crippen LogP contribution in [0.2, 0.25) is 0 Å². The molecule has 0 aliphatic carbocycles. The fraction of sp³-hybridized carbons (Fsp3) is 0.333. The van der Waals surface area contributed by atoms with Gasteiger partial charge < -0.3 is 14.4 Å². The molecule has 24 heavy (non-hydrogen) atoms. The Hall–Kier alpha value is -2.63. The van der Waals surface area contributed by atoms with Crippen molar-refractivity contribution in [2.75, 3.05) is 27.2 Å². The van der Waals surface area contributed by atoms with Crippen LogP contribution >= 0.6 is 0 Å². The predicted molar refractivity (Wildman–Crippen MR) is 89.0 cm³/mol. The van der Waals surface area contributed by atoms with E-state index in [4.69, 9.17) is 0 Å². The first-order valence-electron chi connectivity index (χ1n) is 7.91. The van der Waals surface area contributed by atoms with Crippen molar-refractivity contribution >= 4 is 11.8 Å². The van der Waals surface area contributed by atoms with E-state index in [1.807, 2.05) is 16.8 Å². The van der Waals surface area contributed by atoms with E-state index in [2.05, 4.69) is 0 Å². The fourth-order valence-corrected chi connectivity index (χ4v) is 2.83. The van der Waals surface area contributed by atoms with Crippen LogP contribution in [0, 0.1) is 5.82 Å². The highest BCUT2D eigenvalue weighted by Crippen LogP contribution is 2.25. The molecule has 0 saturated carbocycles. The normalized spacial score (nSPS) is 13.8. The highest BCUT2D eigenvalue weighted by Gasteiger charge is 2.25. The van der Waals surface area contributed by atoms with Crippen LogP contribution in [0.25, 0.3) is 11.1 Å². The molecule has 0 bridgehead atoms. The summed E-state index contributed by atoms with van der Waals surface area (Å²) >= 11 is 0. The number of amides is 2. The molecule has 1 aliphatic heterocycles. The molecule has 2 aromatic rings. The van der Waals surface area contributed by atoms with Crippen LogP contribution in [0.1, 0.15) is 16.9 Å². The Bertz CT molecular complexity index is 765. The van der Waals surface area contributed by atoms with E-state index in [9.17, 15) is 14.0 Å². The molecule has 3 rings (SSSR count). The lowest BCUT2D eigenvalue weighted by atomic mass is 10.1. The molecule has 5 nitrogen and oxygen atoms in total. The third kappa shape index (κ3) is 3.18. The Labute approximate surface area is 140 Å². The zero-order chi connectivity index (χ0) is 17.3. The smallest absolute Gasteiger partial charge is 0.270 e. The molecule has 2 heterocycles. The van der Waals surface area contributed by atoms with Crippen molar-refractivity contribution in [2.45, 2.75) is 13.0 Å². The number of fused-ring (bicyclic) bond motifs is 1. The van der Waals surface area contributed by atoms with Crippen molar-refractivity contribution in [3.63, 3.8) is 0 Å². The van der Waals surface area contributed by atoms with E-state index >= 15 is 0 Å². The van der Waals surface area contributed by atoms with Gasteiger partial charge in [0.05, 0.1) is 0 Å². The summed E-state index contributed by atoms with van der Waals surface area (Å²) in [5, 5.41) is 0. The van der Waals surface area contributed by atoms with Crippen molar-refractivity contribution in [3.05, 3.63) is 48.0 Å². The van der Waals surface area contributed by atoms with E-state index in [1.165, 1.54) is 17.0 Å². The molecule has 0 spiro atoms. The van der Waals surface area contributed by atoms with Crippen molar-refractivity contribution in [2.24, 2.45) is 0 Å². The van der Waals surface area contributed by atoms with Gasteiger partial charge in [-0.1, -0.05) is 12.1 Å². The number of nitrogens with zero attached hydrogens (tertiary/aromatic N) is 3. The van der Waals surface area contributed by atoms with E-state index in [0.29, 0.717) is 31.7 Å². The minimum absolute atomic E-state index is 0.00996. The van der Waals surface area contributed by atoms with Crippen LogP contribution in [0.5, 0.6) is 0 Å². The summed E-state index contributed by atoms with van der Waals surface area (Å²) in [6.07, 6.45) is 2.24. The zero-order valence-corrected chi connectivity index (χ0v) is 13.8. The van der Waals surface area contributed by atoms with Gasteiger partial charge in [0, 0.05) is 51.9 Å². The number of aromatic nitrogens is 1. The third-order valence-corrected chi connectivity index (χ3v) is 4.29. The standard InChI is InChI=1S/C18H20FN3O2/c1-20(2)17(23)7-8-21-9-10-22-12-14(11-16(22)18(21)24)13-3-5-15(19)6-4-13/h3-6,11-12H,7-10H2,1-2H3.